The van der Waals surface area contributed by atoms with Crippen LogP contribution in [0.4, 0.5) is 0 Å². The summed E-state index contributed by atoms with van der Waals surface area (Å²) < 4.78 is 8.58. The van der Waals surface area contributed by atoms with E-state index >= 15 is 0 Å². The predicted molar refractivity (Wildman–Crippen MR) is 108 cm³/mol. The quantitative estimate of drug-likeness (QED) is 0.863. The summed E-state index contributed by atoms with van der Waals surface area (Å²) in [4.78, 5) is 2.57. The van der Waals surface area contributed by atoms with E-state index in [1.165, 1.54) is 44.1 Å². The fraction of sp³-hybridized carbons (Fsp3) is 0.636. The van der Waals surface area contributed by atoms with Crippen LogP contribution in [0.25, 0.3) is 0 Å². The van der Waals surface area contributed by atoms with Gasteiger partial charge in [-0.15, -0.1) is 10.2 Å². The van der Waals surface area contributed by atoms with E-state index in [9.17, 15) is 0 Å². The van der Waals surface area contributed by atoms with Crippen molar-refractivity contribution in [2.45, 2.75) is 70.2 Å². The molecular weight excluding hydrogens is 350 g/mol. The molecule has 1 atom stereocenters. The molecule has 0 unspecified atom stereocenters. The third kappa shape index (κ3) is 3.80. The Balaban J connectivity index is 1.30. The van der Waals surface area contributed by atoms with Gasteiger partial charge in [0.25, 0.3) is 0 Å². The maximum absolute atomic E-state index is 6.22. The normalized spacial score (nSPS) is 23.6. The summed E-state index contributed by atoms with van der Waals surface area (Å²) in [6.45, 7) is 5.06. The summed E-state index contributed by atoms with van der Waals surface area (Å²) in [6.07, 6.45) is 8.79. The van der Waals surface area contributed by atoms with Crippen molar-refractivity contribution in [3.8, 4) is 5.75 Å². The zero-order chi connectivity index (χ0) is 18.8. The van der Waals surface area contributed by atoms with Crippen molar-refractivity contribution in [1.82, 2.24) is 25.0 Å². The molecule has 150 valence electrons. The number of ether oxygens (including phenoxy) is 1. The number of hydrogen-bond donors (Lipinski definition) is 1. The number of fused-ring (bicyclic) bond motifs is 1. The molecule has 3 aliphatic rings. The lowest BCUT2D eigenvalue weighted by molar-refractivity contribution is 0.208. The van der Waals surface area contributed by atoms with Gasteiger partial charge < -0.3 is 14.6 Å². The lowest BCUT2D eigenvalue weighted by Crippen LogP contribution is -2.26. The summed E-state index contributed by atoms with van der Waals surface area (Å²) in [7, 11) is 0. The summed E-state index contributed by atoms with van der Waals surface area (Å²) in [5, 5.41) is 12.6. The molecule has 1 aliphatic carbocycles. The second kappa shape index (κ2) is 8.21. The van der Waals surface area contributed by atoms with E-state index in [2.05, 4.69) is 49.2 Å². The molecule has 0 bridgehead atoms. The molecule has 2 fully saturated rings. The smallest absolute Gasteiger partial charge is 0.150 e. The SMILES string of the molecule is c1cc(CN2CCC[C@H]2c2nnc3n2CCNCC3)cc(OC2CCCC2)c1. The summed E-state index contributed by atoms with van der Waals surface area (Å²) in [6, 6.07) is 9.08. The van der Waals surface area contributed by atoms with Gasteiger partial charge in [0.15, 0.2) is 0 Å². The number of rotatable bonds is 5. The minimum Gasteiger partial charge on any atom is -0.490 e. The van der Waals surface area contributed by atoms with Crippen LogP contribution >= 0.6 is 0 Å². The van der Waals surface area contributed by atoms with E-state index in [-0.39, 0.29) is 0 Å². The average Bonchev–Trinajstić information content (AvgIpc) is 3.42. The Labute approximate surface area is 167 Å². The molecule has 6 nitrogen and oxygen atoms in total. The fourth-order valence-electron chi connectivity index (χ4n) is 5.00. The lowest BCUT2D eigenvalue weighted by atomic mass is 10.1. The Kier molecular flexibility index (Phi) is 5.32. The minimum atomic E-state index is 0.374. The topological polar surface area (TPSA) is 55.2 Å². The van der Waals surface area contributed by atoms with Crippen LogP contribution in [0.2, 0.25) is 0 Å². The van der Waals surface area contributed by atoms with Crippen molar-refractivity contribution >= 4 is 0 Å². The van der Waals surface area contributed by atoms with Crippen molar-refractivity contribution in [3.05, 3.63) is 41.5 Å². The number of hydrogen-bond acceptors (Lipinski definition) is 5. The Morgan fingerprint density at radius 1 is 1.04 bits per heavy atom. The molecule has 6 heteroatoms. The summed E-state index contributed by atoms with van der Waals surface area (Å²) in [5.74, 6) is 3.33. The first kappa shape index (κ1) is 18.1. The number of nitrogens with one attached hydrogen (secondary N) is 1. The van der Waals surface area contributed by atoms with Crippen molar-refractivity contribution in [2.24, 2.45) is 0 Å². The molecule has 1 N–H and O–H groups in total. The first-order valence-electron chi connectivity index (χ1n) is 11.0. The van der Waals surface area contributed by atoms with Gasteiger partial charge in [-0.25, -0.2) is 0 Å². The molecule has 0 radical (unpaired) electrons. The van der Waals surface area contributed by atoms with Gasteiger partial charge in [0.1, 0.15) is 17.4 Å². The molecule has 2 aromatic rings. The van der Waals surface area contributed by atoms with Crippen LogP contribution in [0.5, 0.6) is 5.75 Å². The Morgan fingerprint density at radius 2 is 1.96 bits per heavy atom. The van der Waals surface area contributed by atoms with Gasteiger partial charge in [0, 0.05) is 32.6 Å². The average molecular weight is 382 g/mol. The van der Waals surface area contributed by atoms with Crippen molar-refractivity contribution < 1.29 is 4.74 Å². The van der Waals surface area contributed by atoms with Crippen LogP contribution in [0.15, 0.2) is 24.3 Å². The molecule has 2 aliphatic heterocycles. The molecule has 0 amide bonds. The maximum Gasteiger partial charge on any atom is 0.150 e. The Bertz CT molecular complexity index is 798. The van der Waals surface area contributed by atoms with Gasteiger partial charge in [-0.05, 0) is 62.8 Å². The van der Waals surface area contributed by atoms with Crippen LogP contribution in [0, 0.1) is 0 Å². The van der Waals surface area contributed by atoms with E-state index in [4.69, 9.17) is 4.74 Å². The van der Waals surface area contributed by atoms with Crippen LogP contribution in [-0.2, 0) is 19.5 Å². The van der Waals surface area contributed by atoms with Gasteiger partial charge in [-0.2, -0.15) is 0 Å². The lowest BCUT2D eigenvalue weighted by Gasteiger charge is -2.25. The van der Waals surface area contributed by atoms with Crippen molar-refractivity contribution in [2.75, 3.05) is 19.6 Å². The Hall–Kier alpha value is -1.92. The number of benzene rings is 1. The maximum atomic E-state index is 6.22. The summed E-state index contributed by atoms with van der Waals surface area (Å²) >= 11 is 0. The van der Waals surface area contributed by atoms with E-state index in [0.717, 1.165) is 56.5 Å². The number of nitrogens with zero attached hydrogens (tertiary/aromatic N) is 4. The van der Waals surface area contributed by atoms with Crippen LogP contribution < -0.4 is 10.1 Å². The summed E-state index contributed by atoms with van der Waals surface area (Å²) in [5.41, 5.74) is 1.33. The fourth-order valence-corrected chi connectivity index (χ4v) is 5.00. The number of likely N-dealkylation sites (tertiary alicyclic amines) is 1. The van der Waals surface area contributed by atoms with Gasteiger partial charge in [-0.1, -0.05) is 12.1 Å². The molecule has 0 spiro atoms. The van der Waals surface area contributed by atoms with E-state index < -0.39 is 0 Å². The molecule has 1 saturated carbocycles. The second-order valence-corrected chi connectivity index (χ2v) is 8.43. The molecular formula is C22H31N5O. The zero-order valence-corrected chi connectivity index (χ0v) is 16.6. The van der Waals surface area contributed by atoms with Gasteiger partial charge >= 0.3 is 0 Å². The molecule has 5 rings (SSSR count). The minimum absolute atomic E-state index is 0.374. The van der Waals surface area contributed by atoms with E-state index in [1.807, 2.05) is 0 Å². The molecule has 1 aromatic heterocycles. The van der Waals surface area contributed by atoms with Crippen LogP contribution in [0.3, 0.4) is 0 Å². The molecule has 1 aromatic carbocycles. The van der Waals surface area contributed by atoms with Crippen LogP contribution in [0.1, 0.15) is 61.8 Å². The zero-order valence-electron chi connectivity index (χ0n) is 16.6. The Morgan fingerprint density at radius 3 is 2.89 bits per heavy atom. The highest BCUT2D eigenvalue weighted by Gasteiger charge is 2.31. The van der Waals surface area contributed by atoms with Gasteiger partial charge in [-0.3, -0.25) is 4.90 Å². The monoisotopic (exact) mass is 381 g/mol. The third-order valence-electron chi connectivity index (χ3n) is 6.44. The second-order valence-electron chi connectivity index (χ2n) is 8.43. The van der Waals surface area contributed by atoms with Gasteiger partial charge in [0.2, 0.25) is 0 Å². The van der Waals surface area contributed by atoms with Gasteiger partial charge in [0.05, 0.1) is 12.1 Å². The molecule has 1 saturated heterocycles. The van der Waals surface area contributed by atoms with Crippen LogP contribution in [-0.4, -0.2) is 45.4 Å². The van der Waals surface area contributed by atoms with E-state index in [0.29, 0.717) is 12.1 Å². The predicted octanol–water partition coefficient (Wildman–Crippen LogP) is 3.08. The third-order valence-corrected chi connectivity index (χ3v) is 6.44. The first-order chi connectivity index (χ1) is 13.9. The molecule has 28 heavy (non-hydrogen) atoms. The largest absolute Gasteiger partial charge is 0.490 e. The van der Waals surface area contributed by atoms with Crippen molar-refractivity contribution in [1.29, 1.82) is 0 Å². The highest BCUT2D eigenvalue weighted by molar-refractivity contribution is 5.29. The van der Waals surface area contributed by atoms with E-state index in [1.54, 1.807) is 0 Å². The highest BCUT2D eigenvalue weighted by atomic mass is 16.5. The molecule has 3 heterocycles. The number of aromatic nitrogens is 3. The first-order valence-corrected chi connectivity index (χ1v) is 11.0. The van der Waals surface area contributed by atoms with Crippen molar-refractivity contribution in [3.63, 3.8) is 0 Å². The standard InChI is InChI=1S/C22H31N5O/c1-2-7-18(6-1)28-19-8-3-5-17(15-19)16-26-13-4-9-20(26)22-25-24-21-10-11-23-12-14-27(21)22/h3,5,8,15,18,20,23H,1-2,4,6-7,9-14,16H2/t20-/m0/s1. The highest BCUT2D eigenvalue weighted by Crippen LogP contribution is 2.33.